The molecule has 0 aliphatic carbocycles. The quantitative estimate of drug-likeness (QED) is 0.374. The minimum atomic E-state index is -0.516. The molecule has 24 heavy (non-hydrogen) atoms. The van der Waals surface area contributed by atoms with E-state index in [4.69, 9.17) is 14.2 Å². The summed E-state index contributed by atoms with van der Waals surface area (Å²) in [4.78, 5) is 23.5. The highest BCUT2D eigenvalue weighted by Gasteiger charge is 2.14. The summed E-state index contributed by atoms with van der Waals surface area (Å²) in [5, 5.41) is 0. The van der Waals surface area contributed by atoms with E-state index < -0.39 is 11.8 Å². The van der Waals surface area contributed by atoms with Crippen molar-refractivity contribution in [3.63, 3.8) is 0 Å². The zero-order valence-electron chi connectivity index (χ0n) is 13.6. The second-order valence-electron chi connectivity index (χ2n) is 4.76. The molecule has 0 aliphatic rings. The summed E-state index contributed by atoms with van der Waals surface area (Å²) in [5.41, 5.74) is 0.839. The van der Waals surface area contributed by atoms with Gasteiger partial charge in [-0.1, -0.05) is 5.92 Å². The van der Waals surface area contributed by atoms with Gasteiger partial charge in [-0.25, -0.2) is 0 Å². The molecule has 0 aromatic heterocycles. The minimum Gasteiger partial charge on any atom is -0.497 e. The molecule has 122 valence electrons. The van der Waals surface area contributed by atoms with Crippen LogP contribution >= 0.6 is 0 Å². The second kappa shape index (κ2) is 7.84. The molecule has 0 saturated carbocycles. The number of carbonyl (C=O) groups is 2. The Labute approximate surface area is 140 Å². The first-order valence-electron chi connectivity index (χ1n) is 7.10. The van der Waals surface area contributed by atoms with E-state index in [1.54, 1.807) is 37.4 Å². The SMILES string of the molecule is COc1ccc(C#CC(=O)c2cc(OC)ccc2OC(C)=O)cc1. The first-order chi connectivity index (χ1) is 11.5. The number of hydrogen-bond acceptors (Lipinski definition) is 5. The first-order valence-corrected chi connectivity index (χ1v) is 7.10. The highest BCUT2D eigenvalue weighted by atomic mass is 16.5. The Morgan fingerprint density at radius 1 is 0.917 bits per heavy atom. The lowest BCUT2D eigenvalue weighted by Crippen LogP contribution is -2.07. The van der Waals surface area contributed by atoms with Crippen LogP contribution in [0.25, 0.3) is 0 Å². The lowest BCUT2D eigenvalue weighted by Gasteiger charge is -2.07. The van der Waals surface area contributed by atoms with E-state index in [-0.39, 0.29) is 11.3 Å². The lowest BCUT2D eigenvalue weighted by molar-refractivity contribution is -0.131. The number of hydrogen-bond donors (Lipinski definition) is 0. The molecule has 2 aromatic rings. The number of ether oxygens (including phenoxy) is 3. The van der Waals surface area contributed by atoms with Gasteiger partial charge in [-0.3, -0.25) is 9.59 Å². The van der Waals surface area contributed by atoms with Crippen LogP contribution in [0.5, 0.6) is 17.2 Å². The van der Waals surface area contributed by atoms with Crippen LogP contribution in [0.1, 0.15) is 22.8 Å². The Hall–Kier alpha value is -3.26. The number of benzene rings is 2. The predicted octanol–water partition coefficient (Wildman–Crippen LogP) is 2.86. The molecule has 0 bridgehead atoms. The summed E-state index contributed by atoms with van der Waals surface area (Å²) in [7, 11) is 3.06. The third-order valence-corrected chi connectivity index (χ3v) is 3.10. The summed E-state index contributed by atoms with van der Waals surface area (Å²) in [6, 6.07) is 11.6. The zero-order chi connectivity index (χ0) is 17.5. The van der Waals surface area contributed by atoms with Crippen molar-refractivity contribution >= 4 is 11.8 Å². The molecule has 0 fully saturated rings. The van der Waals surface area contributed by atoms with E-state index >= 15 is 0 Å². The van der Waals surface area contributed by atoms with Crippen LogP contribution in [0, 0.1) is 11.8 Å². The normalized spacial score (nSPS) is 9.46. The van der Waals surface area contributed by atoms with Gasteiger partial charge in [-0.2, -0.15) is 0 Å². The molecule has 0 atom stereocenters. The van der Waals surface area contributed by atoms with Crippen LogP contribution in [-0.2, 0) is 4.79 Å². The monoisotopic (exact) mass is 324 g/mol. The lowest BCUT2D eigenvalue weighted by atomic mass is 10.1. The van der Waals surface area contributed by atoms with Gasteiger partial charge in [0.1, 0.15) is 17.2 Å². The van der Waals surface area contributed by atoms with Crippen molar-refractivity contribution in [2.24, 2.45) is 0 Å². The Bertz CT molecular complexity index is 810. The van der Waals surface area contributed by atoms with Crippen LogP contribution in [0.2, 0.25) is 0 Å². The summed E-state index contributed by atoms with van der Waals surface area (Å²) in [6.07, 6.45) is 0. The summed E-state index contributed by atoms with van der Waals surface area (Å²) in [5.74, 6) is 5.66. The fourth-order valence-corrected chi connectivity index (χ4v) is 1.93. The van der Waals surface area contributed by atoms with Crippen LogP contribution in [0.4, 0.5) is 0 Å². The van der Waals surface area contributed by atoms with Crippen molar-refractivity contribution in [2.45, 2.75) is 6.92 Å². The number of methoxy groups -OCH3 is 2. The Morgan fingerprint density at radius 3 is 2.12 bits per heavy atom. The molecule has 5 heteroatoms. The molecule has 5 nitrogen and oxygen atoms in total. The fraction of sp³-hybridized carbons (Fsp3) is 0.158. The number of Topliss-reactive ketones (excluding diaryl/α,β-unsaturated/α-hetero) is 1. The molecular weight excluding hydrogens is 308 g/mol. The molecule has 0 N–H and O–H groups in total. The van der Waals surface area contributed by atoms with Gasteiger partial charge in [0.25, 0.3) is 0 Å². The van der Waals surface area contributed by atoms with E-state index in [1.807, 2.05) is 0 Å². The van der Waals surface area contributed by atoms with Gasteiger partial charge in [0.15, 0.2) is 0 Å². The molecule has 0 heterocycles. The van der Waals surface area contributed by atoms with Crippen LogP contribution in [0.3, 0.4) is 0 Å². The molecular formula is C19H16O5. The van der Waals surface area contributed by atoms with Crippen molar-refractivity contribution < 1.29 is 23.8 Å². The van der Waals surface area contributed by atoms with E-state index in [1.165, 1.54) is 26.2 Å². The maximum Gasteiger partial charge on any atom is 0.308 e. The Morgan fingerprint density at radius 2 is 1.54 bits per heavy atom. The molecule has 0 aliphatic heterocycles. The van der Waals surface area contributed by atoms with E-state index in [0.29, 0.717) is 17.1 Å². The summed E-state index contributed by atoms with van der Waals surface area (Å²) >= 11 is 0. The summed E-state index contributed by atoms with van der Waals surface area (Å²) in [6.45, 7) is 1.27. The molecule has 2 aromatic carbocycles. The van der Waals surface area contributed by atoms with Gasteiger partial charge in [0.2, 0.25) is 5.78 Å². The Kier molecular flexibility index (Phi) is 5.58. The average Bonchev–Trinajstić information content (AvgIpc) is 2.60. The van der Waals surface area contributed by atoms with Crippen molar-refractivity contribution in [1.29, 1.82) is 0 Å². The topological polar surface area (TPSA) is 61.8 Å². The van der Waals surface area contributed by atoms with Crippen LogP contribution in [-0.4, -0.2) is 26.0 Å². The highest BCUT2D eigenvalue weighted by molar-refractivity contribution is 6.11. The van der Waals surface area contributed by atoms with Crippen LogP contribution < -0.4 is 14.2 Å². The van der Waals surface area contributed by atoms with Gasteiger partial charge < -0.3 is 14.2 Å². The largest absolute Gasteiger partial charge is 0.497 e. The van der Waals surface area contributed by atoms with Crippen molar-refractivity contribution in [1.82, 2.24) is 0 Å². The van der Waals surface area contributed by atoms with Crippen LogP contribution in [0.15, 0.2) is 42.5 Å². The van der Waals surface area contributed by atoms with Gasteiger partial charge in [-0.15, -0.1) is 0 Å². The van der Waals surface area contributed by atoms with E-state index in [9.17, 15) is 9.59 Å². The van der Waals surface area contributed by atoms with E-state index in [0.717, 1.165) is 0 Å². The van der Waals surface area contributed by atoms with Crippen molar-refractivity contribution in [3.05, 3.63) is 53.6 Å². The molecule has 0 unspecified atom stereocenters. The van der Waals surface area contributed by atoms with E-state index in [2.05, 4.69) is 11.8 Å². The number of ketones is 1. The van der Waals surface area contributed by atoms with Crippen molar-refractivity contribution in [3.8, 4) is 29.1 Å². The number of rotatable bonds is 4. The third kappa shape index (κ3) is 4.37. The molecule has 0 radical (unpaired) electrons. The smallest absolute Gasteiger partial charge is 0.308 e. The highest BCUT2D eigenvalue weighted by Crippen LogP contribution is 2.24. The average molecular weight is 324 g/mol. The van der Waals surface area contributed by atoms with Gasteiger partial charge >= 0.3 is 5.97 Å². The summed E-state index contributed by atoms with van der Waals surface area (Å²) < 4.78 is 15.2. The molecule has 2 rings (SSSR count). The molecule has 0 spiro atoms. The number of esters is 1. The maximum atomic E-state index is 12.4. The number of carbonyl (C=O) groups excluding carboxylic acids is 2. The predicted molar refractivity (Wildman–Crippen MR) is 88.5 cm³/mol. The van der Waals surface area contributed by atoms with Gasteiger partial charge in [-0.05, 0) is 48.4 Å². The molecule has 0 amide bonds. The Balaban J connectivity index is 2.31. The zero-order valence-corrected chi connectivity index (χ0v) is 13.6. The fourth-order valence-electron chi connectivity index (χ4n) is 1.93. The van der Waals surface area contributed by atoms with Gasteiger partial charge in [0, 0.05) is 12.5 Å². The standard InChI is InChI=1S/C19H16O5/c1-13(20)24-19-11-9-16(23-3)12-17(19)18(21)10-6-14-4-7-15(22-2)8-5-14/h4-5,7-9,11-12H,1-3H3. The first kappa shape index (κ1) is 17.1. The molecule has 0 saturated heterocycles. The third-order valence-electron chi connectivity index (χ3n) is 3.10. The minimum absolute atomic E-state index is 0.150. The van der Waals surface area contributed by atoms with Gasteiger partial charge in [0.05, 0.1) is 19.8 Å². The maximum absolute atomic E-state index is 12.4. The van der Waals surface area contributed by atoms with Crippen molar-refractivity contribution in [2.75, 3.05) is 14.2 Å². The second-order valence-corrected chi connectivity index (χ2v) is 4.76.